The third-order valence-electron chi connectivity index (χ3n) is 4.16. The molecule has 0 fully saturated rings. The summed E-state index contributed by atoms with van der Waals surface area (Å²) in [7, 11) is 0. The van der Waals surface area contributed by atoms with Gasteiger partial charge in [0.15, 0.2) is 11.8 Å². The summed E-state index contributed by atoms with van der Waals surface area (Å²) in [5.74, 6) is -3.06. The Morgan fingerprint density at radius 1 is 1.17 bits per heavy atom. The molecule has 0 saturated carbocycles. The monoisotopic (exact) mass is 416 g/mol. The molecule has 0 aliphatic carbocycles. The molecule has 3 rings (SSSR count). The van der Waals surface area contributed by atoms with Crippen LogP contribution in [-0.4, -0.2) is 23.0 Å². The van der Waals surface area contributed by atoms with E-state index >= 15 is 0 Å². The van der Waals surface area contributed by atoms with Crippen molar-refractivity contribution in [2.75, 3.05) is 5.32 Å². The number of hydrogen-bond donors (Lipinski definition) is 1. The molecule has 0 unspecified atom stereocenters. The van der Waals surface area contributed by atoms with Gasteiger partial charge in [0.2, 0.25) is 0 Å². The lowest BCUT2D eigenvalue weighted by Gasteiger charge is -2.13. The maximum atomic E-state index is 13.6. The first-order valence-electron chi connectivity index (χ1n) is 8.89. The molecule has 1 atom stereocenters. The number of esters is 1. The van der Waals surface area contributed by atoms with E-state index in [1.54, 1.807) is 5.38 Å². The van der Waals surface area contributed by atoms with Crippen molar-refractivity contribution in [3.8, 4) is 10.6 Å². The minimum atomic E-state index is -1.22. The summed E-state index contributed by atoms with van der Waals surface area (Å²) in [6.45, 7) is 3.40. The van der Waals surface area contributed by atoms with Gasteiger partial charge in [-0.25, -0.2) is 18.6 Å². The number of thiazole rings is 1. The number of halogens is 2. The van der Waals surface area contributed by atoms with Gasteiger partial charge in [0.25, 0.3) is 5.91 Å². The number of amides is 1. The van der Waals surface area contributed by atoms with E-state index in [4.69, 9.17) is 4.74 Å². The topological polar surface area (TPSA) is 68.3 Å². The highest BCUT2D eigenvalue weighted by Gasteiger charge is 2.22. The van der Waals surface area contributed by atoms with E-state index in [2.05, 4.69) is 17.2 Å². The summed E-state index contributed by atoms with van der Waals surface area (Å²) < 4.78 is 31.9. The largest absolute Gasteiger partial charge is 0.448 e. The molecule has 0 spiro atoms. The number of hydrogen-bond acceptors (Lipinski definition) is 5. The lowest BCUT2D eigenvalue weighted by atomic mass is 10.1. The van der Waals surface area contributed by atoms with Crippen LogP contribution in [0.3, 0.4) is 0 Å². The normalized spacial score (nSPS) is 11.7. The number of nitrogens with one attached hydrogen (secondary N) is 1. The molecule has 0 bridgehead atoms. The molecule has 1 amide bonds. The highest BCUT2D eigenvalue weighted by Crippen LogP contribution is 2.25. The molecule has 29 heavy (non-hydrogen) atoms. The highest BCUT2D eigenvalue weighted by molar-refractivity contribution is 7.13. The van der Waals surface area contributed by atoms with Gasteiger partial charge in [0.05, 0.1) is 5.69 Å². The fourth-order valence-electron chi connectivity index (χ4n) is 2.49. The van der Waals surface area contributed by atoms with Crippen molar-refractivity contribution in [2.24, 2.45) is 0 Å². The summed E-state index contributed by atoms with van der Waals surface area (Å²) in [5, 5.41) is 4.40. The maximum Gasteiger partial charge on any atom is 0.358 e. The first-order valence-corrected chi connectivity index (χ1v) is 9.77. The first-order chi connectivity index (χ1) is 13.9. The molecule has 8 heteroatoms. The van der Waals surface area contributed by atoms with Gasteiger partial charge in [-0.15, -0.1) is 11.3 Å². The van der Waals surface area contributed by atoms with Gasteiger partial charge in [-0.1, -0.05) is 31.2 Å². The van der Waals surface area contributed by atoms with Gasteiger partial charge in [-0.05, 0) is 31.0 Å². The minimum absolute atomic E-state index is 0.0705. The van der Waals surface area contributed by atoms with Crippen LogP contribution in [0.15, 0.2) is 47.8 Å². The standard InChI is InChI=1S/C21H18F2N2O3S/c1-3-13-4-6-14(7-5-13)20-25-18(11-29-20)21(27)28-12(2)19(26)24-17-10-15(22)8-9-16(17)23/h4-12H,3H2,1-2H3,(H,24,26)/t12-/m1/s1. The second kappa shape index (κ2) is 8.91. The van der Waals surface area contributed by atoms with Crippen LogP contribution in [0.25, 0.3) is 10.6 Å². The van der Waals surface area contributed by atoms with Crippen LogP contribution in [0.1, 0.15) is 29.9 Å². The number of aromatic nitrogens is 1. The molecule has 5 nitrogen and oxygen atoms in total. The lowest BCUT2D eigenvalue weighted by Crippen LogP contribution is -2.30. The van der Waals surface area contributed by atoms with Crippen molar-refractivity contribution in [3.63, 3.8) is 0 Å². The van der Waals surface area contributed by atoms with Crippen molar-refractivity contribution in [3.05, 3.63) is 70.7 Å². The molecule has 2 aromatic carbocycles. The van der Waals surface area contributed by atoms with Crippen LogP contribution in [0, 0.1) is 11.6 Å². The molecule has 0 radical (unpaired) electrons. The fourth-order valence-corrected chi connectivity index (χ4v) is 3.28. The Bertz CT molecular complexity index is 1030. The van der Waals surface area contributed by atoms with Gasteiger partial charge in [0, 0.05) is 17.0 Å². The summed E-state index contributed by atoms with van der Waals surface area (Å²) in [4.78, 5) is 28.7. The lowest BCUT2D eigenvalue weighted by molar-refractivity contribution is -0.123. The number of ether oxygens (including phenoxy) is 1. The van der Waals surface area contributed by atoms with Gasteiger partial charge in [-0.2, -0.15) is 0 Å². The SMILES string of the molecule is CCc1ccc(-c2nc(C(=O)O[C@H](C)C(=O)Nc3cc(F)ccc3F)cs2)cc1. The number of nitrogens with zero attached hydrogens (tertiary/aromatic N) is 1. The van der Waals surface area contributed by atoms with Crippen LogP contribution < -0.4 is 5.32 Å². The molecule has 1 N–H and O–H groups in total. The maximum absolute atomic E-state index is 13.6. The quantitative estimate of drug-likeness (QED) is 0.584. The number of benzene rings is 2. The van der Waals surface area contributed by atoms with E-state index in [-0.39, 0.29) is 11.4 Å². The number of anilines is 1. The van der Waals surface area contributed by atoms with Crippen LogP contribution in [0.2, 0.25) is 0 Å². The third kappa shape index (κ3) is 5.03. The van der Waals surface area contributed by atoms with E-state index in [9.17, 15) is 18.4 Å². The Balaban J connectivity index is 1.64. The molecule has 0 aliphatic heterocycles. The average molecular weight is 416 g/mol. The summed E-state index contributed by atoms with van der Waals surface area (Å²) in [6.07, 6.45) is -0.297. The molecule has 1 aromatic heterocycles. The van der Waals surface area contributed by atoms with Crippen LogP contribution >= 0.6 is 11.3 Å². The summed E-state index contributed by atoms with van der Waals surface area (Å²) in [5.41, 5.74) is 1.81. The number of carbonyl (C=O) groups excluding carboxylic acids is 2. The predicted molar refractivity (Wildman–Crippen MR) is 107 cm³/mol. The van der Waals surface area contributed by atoms with E-state index in [0.717, 1.165) is 30.2 Å². The zero-order chi connectivity index (χ0) is 21.0. The van der Waals surface area contributed by atoms with Crippen molar-refractivity contribution in [2.45, 2.75) is 26.4 Å². The van der Waals surface area contributed by atoms with Crippen molar-refractivity contribution < 1.29 is 23.1 Å². The molecule has 150 valence electrons. The van der Waals surface area contributed by atoms with E-state index in [1.165, 1.54) is 23.8 Å². The van der Waals surface area contributed by atoms with Gasteiger partial charge >= 0.3 is 5.97 Å². The van der Waals surface area contributed by atoms with Crippen LogP contribution in [0.5, 0.6) is 0 Å². The molecule has 0 saturated heterocycles. The zero-order valence-electron chi connectivity index (χ0n) is 15.7. The Hall–Kier alpha value is -3.13. The van der Waals surface area contributed by atoms with Crippen molar-refractivity contribution in [1.82, 2.24) is 4.98 Å². The van der Waals surface area contributed by atoms with Gasteiger partial charge in [-0.3, -0.25) is 4.79 Å². The molecular formula is C21H18F2N2O3S. The van der Waals surface area contributed by atoms with Gasteiger partial charge < -0.3 is 10.1 Å². The molecule has 1 heterocycles. The number of rotatable bonds is 6. The fraction of sp³-hybridized carbons (Fsp3) is 0.190. The minimum Gasteiger partial charge on any atom is -0.448 e. The number of carbonyl (C=O) groups is 2. The second-order valence-electron chi connectivity index (χ2n) is 6.25. The zero-order valence-corrected chi connectivity index (χ0v) is 16.6. The van der Waals surface area contributed by atoms with E-state index in [0.29, 0.717) is 5.01 Å². The first kappa shape index (κ1) is 20.6. The Morgan fingerprint density at radius 2 is 1.90 bits per heavy atom. The summed E-state index contributed by atoms with van der Waals surface area (Å²) in [6, 6.07) is 10.5. The van der Waals surface area contributed by atoms with Crippen molar-refractivity contribution >= 4 is 28.9 Å². The van der Waals surface area contributed by atoms with Crippen LogP contribution in [0.4, 0.5) is 14.5 Å². The molecule has 3 aromatic rings. The second-order valence-corrected chi connectivity index (χ2v) is 7.11. The Labute approximate surface area is 170 Å². The van der Waals surface area contributed by atoms with Crippen molar-refractivity contribution in [1.29, 1.82) is 0 Å². The predicted octanol–water partition coefficient (Wildman–Crippen LogP) is 4.83. The average Bonchev–Trinajstić information content (AvgIpc) is 3.21. The summed E-state index contributed by atoms with van der Waals surface area (Å²) >= 11 is 1.28. The third-order valence-corrected chi connectivity index (χ3v) is 5.05. The van der Waals surface area contributed by atoms with E-state index < -0.39 is 29.6 Å². The van der Waals surface area contributed by atoms with E-state index in [1.807, 2.05) is 24.3 Å². The molecule has 0 aliphatic rings. The number of aryl methyl sites for hydroxylation is 1. The Kier molecular flexibility index (Phi) is 6.33. The van der Waals surface area contributed by atoms with Crippen LogP contribution in [-0.2, 0) is 16.0 Å². The molecular weight excluding hydrogens is 398 g/mol. The smallest absolute Gasteiger partial charge is 0.358 e. The Morgan fingerprint density at radius 3 is 2.59 bits per heavy atom. The van der Waals surface area contributed by atoms with Gasteiger partial charge in [0.1, 0.15) is 16.6 Å². The highest BCUT2D eigenvalue weighted by atomic mass is 32.1.